The van der Waals surface area contributed by atoms with Crippen LogP contribution in [-0.4, -0.2) is 7.05 Å². The summed E-state index contributed by atoms with van der Waals surface area (Å²) in [5.41, 5.74) is 6.34. The molecule has 0 saturated heterocycles. The Labute approximate surface area is 115 Å². The zero-order valence-electron chi connectivity index (χ0n) is 11.8. The van der Waals surface area contributed by atoms with Gasteiger partial charge < -0.3 is 5.32 Å². The van der Waals surface area contributed by atoms with Gasteiger partial charge >= 0.3 is 0 Å². The summed E-state index contributed by atoms with van der Waals surface area (Å²) in [6.07, 6.45) is 5.04. The predicted molar refractivity (Wildman–Crippen MR) is 80.8 cm³/mol. The molecule has 0 amide bonds. The van der Waals surface area contributed by atoms with Crippen molar-refractivity contribution in [3.05, 3.63) is 46.5 Å². The quantitative estimate of drug-likeness (QED) is 0.804. The maximum Gasteiger partial charge on any atom is 0.0320 e. The van der Waals surface area contributed by atoms with E-state index in [1.54, 1.807) is 27.6 Å². The van der Waals surface area contributed by atoms with Gasteiger partial charge in [-0.3, -0.25) is 0 Å². The van der Waals surface area contributed by atoms with Crippen LogP contribution in [0.4, 0.5) is 0 Å². The van der Waals surface area contributed by atoms with Gasteiger partial charge in [-0.05, 0) is 71.7 Å². The minimum absolute atomic E-state index is 0.552. The van der Waals surface area contributed by atoms with E-state index in [0.717, 1.165) is 0 Å². The van der Waals surface area contributed by atoms with Crippen molar-refractivity contribution in [2.24, 2.45) is 0 Å². The molecule has 2 aromatic carbocycles. The highest BCUT2D eigenvalue weighted by Crippen LogP contribution is 2.44. The fourth-order valence-corrected chi connectivity index (χ4v) is 4.23. The van der Waals surface area contributed by atoms with Crippen molar-refractivity contribution in [1.29, 1.82) is 0 Å². The van der Waals surface area contributed by atoms with E-state index in [1.165, 1.54) is 31.1 Å². The molecule has 2 aromatic rings. The third-order valence-corrected chi connectivity index (χ3v) is 5.17. The molecule has 0 saturated carbocycles. The number of aryl methyl sites for hydroxylation is 2. The molecule has 19 heavy (non-hydrogen) atoms. The number of rotatable bonds is 1. The molecule has 2 atom stereocenters. The van der Waals surface area contributed by atoms with Crippen molar-refractivity contribution in [2.45, 2.75) is 44.6 Å². The van der Waals surface area contributed by atoms with Gasteiger partial charge in [0.15, 0.2) is 0 Å². The maximum atomic E-state index is 3.51. The van der Waals surface area contributed by atoms with Gasteiger partial charge in [-0.25, -0.2) is 0 Å². The molecule has 0 radical (unpaired) electrons. The monoisotopic (exact) mass is 251 g/mol. The van der Waals surface area contributed by atoms with Crippen molar-refractivity contribution in [3.63, 3.8) is 0 Å². The molecular formula is C18H21N. The van der Waals surface area contributed by atoms with E-state index in [0.29, 0.717) is 12.0 Å². The van der Waals surface area contributed by atoms with Gasteiger partial charge in [0.05, 0.1) is 0 Å². The average molecular weight is 251 g/mol. The van der Waals surface area contributed by atoms with Crippen LogP contribution in [0.2, 0.25) is 0 Å². The van der Waals surface area contributed by atoms with Crippen LogP contribution in [-0.2, 0) is 12.8 Å². The number of hydrogen-bond acceptors (Lipinski definition) is 1. The van der Waals surface area contributed by atoms with Gasteiger partial charge in [0.1, 0.15) is 0 Å². The SMILES string of the molecule is CNC1CCC(C)c2c1cc1c3c(cccc23)CC1. The first-order chi connectivity index (χ1) is 9.29. The van der Waals surface area contributed by atoms with E-state index in [4.69, 9.17) is 0 Å². The Morgan fingerprint density at radius 3 is 2.79 bits per heavy atom. The van der Waals surface area contributed by atoms with Crippen molar-refractivity contribution >= 4 is 10.8 Å². The van der Waals surface area contributed by atoms with E-state index < -0.39 is 0 Å². The Balaban J connectivity index is 2.09. The summed E-state index contributed by atoms with van der Waals surface area (Å²) in [5.74, 6) is 0.699. The number of benzene rings is 2. The molecule has 1 heteroatoms. The van der Waals surface area contributed by atoms with Crippen molar-refractivity contribution in [2.75, 3.05) is 7.05 Å². The Hall–Kier alpha value is -1.34. The lowest BCUT2D eigenvalue weighted by atomic mass is 9.77. The lowest BCUT2D eigenvalue weighted by Crippen LogP contribution is -2.23. The third kappa shape index (κ3) is 1.51. The van der Waals surface area contributed by atoms with Gasteiger partial charge in [0, 0.05) is 6.04 Å². The second-order valence-corrected chi connectivity index (χ2v) is 6.20. The molecule has 0 heterocycles. The Bertz CT molecular complexity index is 656. The number of fused-ring (bicyclic) bond motifs is 2. The van der Waals surface area contributed by atoms with E-state index in [-0.39, 0.29) is 0 Å². The van der Waals surface area contributed by atoms with Crippen LogP contribution in [0.25, 0.3) is 10.8 Å². The van der Waals surface area contributed by atoms with Crippen molar-refractivity contribution in [1.82, 2.24) is 5.32 Å². The Morgan fingerprint density at radius 2 is 1.95 bits per heavy atom. The minimum atomic E-state index is 0.552. The lowest BCUT2D eigenvalue weighted by molar-refractivity contribution is 0.462. The molecule has 0 bridgehead atoms. The first-order valence-electron chi connectivity index (χ1n) is 7.54. The van der Waals surface area contributed by atoms with E-state index in [1.807, 2.05) is 0 Å². The number of nitrogens with one attached hydrogen (secondary N) is 1. The summed E-state index contributed by atoms with van der Waals surface area (Å²) in [7, 11) is 2.10. The second-order valence-electron chi connectivity index (χ2n) is 6.20. The fraction of sp³-hybridized carbons (Fsp3) is 0.444. The highest BCUT2D eigenvalue weighted by atomic mass is 14.9. The molecule has 2 aliphatic rings. The zero-order valence-corrected chi connectivity index (χ0v) is 11.8. The summed E-state index contributed by atoms with van der Waals surface area (Å²) < 4.78 is 0. The summed E-state index contributed by atoms with van der Waals surface area (Å²) in [6.45, 7) is 2.40. The van der Waals surface area contributed by atoms with Crippen molar-refractivity contribution in [3.8, 4) is 0 Å². The Morgan fingerprint density at radius 1 is 1.11 bits per heavy atom. The normalized spacial score (nSPS) is 24.7. The molecule has 1 nitrogen and oxygen atoms in total. The van der Waals surface area contributed by atoms with Crippen LogP contribution in [0.3, 0.4) is 0 Å². The molecule has 2 unspecified atom stereocenters. The highest BCUT2D eigenvalue weighted by molar-refractivity contribution is 5.94. The number of hydrogen-bond donors (Lipinski definition) is 1. The maximum absolute atomic E-state index is 3.51. The standard InChI is InChI=1S/C18H21N/c1-11-6-9-16(19-2)15-10-13-8-7-12-4-3-5-14(17(11)15)18(12)13/h3-5,10-11,16,19H,6-9H2,1-2H3. The molecule has 4 rings (SSSR count). The summed E-state index contributed by atoms with van der Waals surface area (Å²) in [4.78, 5) is 0. The molecule has 0 fully saturated rings. The van der Waals surface area contributed by atoms with Gasteiger partial charge in [-0.1, -0.05) is 31.2 Å². The molecule has 1 N–H and O–H groups in total. The van der Waals surface area contributed by atoms with Gasteiger partial charge in [0.2, 0.25) is 0 Å². The van der Waals surface area contributed by atoms with E-state index in [2.05, 4.69) is 43.6 Å². The van der Waals surface area contributed by atoms with Crippen LogP contribution in [0.15, 0.2) is 24.3 Å². The summed E-state index contributed by atoms with van der Waals surface area (Å²) >= 11 is 0. The van der Waals surface area contributed by atoms with Gasteiger partial charge in [-0.2, -0.15) is 0 Å². The largest absolute Gasteiger partial charge is 0.313 e. The first-order valence-corrected chi connectivity index (χ1v) is 7.54. The fourth-order valence-electron chi connectivity index (χ4n) is 4.23. The predicted octanol–water partition coefficient (Wildman–Crippen LogP) is 4.10. The molecule has 98 valence electrons. The van der Waals surface area contributed by atoms with E-state index >= 15 is 0 Å². The molecule has 0 aliphatic heterocycles. The van der Waals surface area contributed by atoms with Crippen LogP contribution >= 0.6 is 0 Å². The summed E-state index contributed by atoms with van der Waals surface area (Å²) in [6, 6.07) is 9.97. The van der Waals surface area contributed by atoms with Gasteiger partial charge in [-0.15, -0.1) is 0 Å². The highest BCUT2D eigenvalue weighted by Gasteiger charge is 2.28. The van der Waals surface area contributed by atoms with Crippen LogP contribution in [0.1, 0.15) is 54.0 Å². The molecular weight excluding hydrogens is 230 g/mol. The van der Waals surface area contributed by atoms with E-state index in [9.17, 15) is 0 Å². The minimum Gasteiger partial charge on any atom is -0.313 e. The Kier molecular flexibility index (Phi) is 2.46. The molecule has 0 aromatic heterocycles. The van der Waals surface area contributed by atoms with Crippen molar-refractivity contribution < 1.29 is 0 Å². The topological polar surface area (TPSA) is 12.0 Å². The van der Waals surface area contributed by atoms with Crippen LogP contribution in [0.5, 0.6) is 0 Å². The van der Waals surface area contributed by atoms with Gasteiger partial charge in [0.25, 0.3) is 0 Å². The molecule has 2 aliphatic carbocycles. The first kappa shape index (κ1) is 11.5. The molecule has 0 spiro atoms. The zero-order chi connectivity index (χ0) is 13.0. The summed E-state index contributed by atoms with van der Waals surface area (Å²) in [5, 5.41) is 6.62. The smallest absolute Gasteiger partial charge is 0.0320 e. The third-order valence-electron chi connectivity index (χ3n) is 5.17. The second kappa shape index (κ2) is 4.08. The lowest BCUT2D eigenvalue weighted by Gasteiger charge is -2.31. The van der Waals surface area contributed by atoms with Crippen LogP contribution < -0.4 is 5.32 Å². The average Bonchev–Trinajstić information content (AvgIpc) is 2.84. The van der Waals surface area contributed by atoms with Crippen LogP contribution in [0, 0.1) is 0 Å².